The molecule has 7 nitrogen and oxygen atoms in total. The fourth-order valence-electron chi connectivity index (χ4n) is 3.78. The van der Waals surface area contributed by atoms with Crippen LogP contribution in [-0.4, -0.2) is 45.6 Å². The molecule has 8 heteroatoms. The van der Waals surface area contributed by atoms with Gasteiger partial charge in [-0.1, -0.05) is 35.9 Å². The number of hydrogen-bond donors (Lipinski definition) is 1. The molecule has 0 aliphatic heterocycles. The SMILES string of the molecule is Cc1ccccc1-c1cc(C(=O)Nc2cc(C(=O)N(C)C)ccc2Cl)c2cnn(C(C)C)c2n1. The molecular formula is C26H26ClN5O2. The van der Waals surface area contributed by atoms with Crippen LogP contribution < -0.4 is 5.32 Å². The number of nitrogens with one attached hydrogen (secondary N) is 1. The molecule has 0 saturated heterocycles. The molecule has 0 aliphatic rings. The lowest BCUT2D eigenvalue weighted by Gasteiger charge is -2.14. The van der Waals surface area contributed by atoms with Gasteiger partial charge < -0.3 is 10.2 Å². The number of halogens is 1. The van der Waals surface area contributed by atoms with Gasteiger partial charge >= 0.3 is 0 Å². The maximum absolute atomic E-state index is 13.5. The first-order valence-electron chi connectivity index (χ1n) is 10.9. The molecule has 2 aromatic heterocycles. The van der Waals surface area contributed by atoms with Crippen LogP contribution in [0.4, 0.5) is 5.69 Å². The number of aromatic nitrogens is 3. The molecular weight excluding hydrogens is 450 g/mol. The number of pyridine rings is 1. The van der Waals surface area contributed by atoms with Crippen molar-refractivity contribution in [3.63, 3.8) is 0 Å². The summed E-state index contributed by atoms with van der Waals surface area (Å²) in [4.78, 5) is 32.2. The van der Waals surface area contributed by atoms with Gasteiger partial charge in [0.25, 0.3) is 11.8 Å². The monoisotopic (exact) mass is 475 g/mol. The van der Waals surface area contributed by atoms with Gasteiger partial charge in [0.2, 0.25) is 0 Å². The van der Waals surface area contributed by atoms with E-state index < -0.39 is 0 Å². The molecule has 2 heterocycles. The predicted molar refractivity (Wildman–Crippen MR) is 136 cm³/mol. The van der Waals surface area contributed by atoms with Gasteiger partial charge in [0.05, 0.1) is 33.6 Å². The lowest BCUT2D eigenvalue weighted by molar-refractivity contribution is 0.0827. The zero-order valence-corrected chi connectivity index (χ0v) is 20.5. The van der Waals surface area contributed by atoms with Crippen molar-refractivity contribution in [2.75, 3.05) is 19.4 Å². The Kier molecular flexibility index (Phi) is 6.39. The van der Waals surface area contributed by atoms with E-state index in [0.717, 1.165) is 11.1 Å². The number of benzene rings is 2. The van der Waals surface area contributed by atoms with Crippen molar-refractivity contribution in [1.82, 2.24) is 19.7 Å². The minimum atomic E-state index is -0.359. The van der Waals surface area contributed by atoms with Gasteiger partial charge in [0.15, 0.2) is 5.65 Å². The van der Waals surface area contributed by atoms with Gasteiger partial charge in [-0.15, -0.1) is 0 Å². The van der Waals surface area contributed by atoms with E-state index >= 15 is 0 Å². The third-order valence-electron chi connectivity index (χ3n) is 5.59. The zero-order chi connectivity index (χ0) is 24.6. The number of aryl methyl sites for hydroxylation is 1. The molecule has 0 radical (unpaired) electrons. The Morgan fingerprint density at radius 1 is 1.09 bits per heavy atom. The van der Waals surface area contributed by atoms with Crippen LogP contribution in [0.2, 0.25) is 5.02 Å². The van der Waals surface area contributed by atoms with Gasteiger partial charge in [-0.25, -0.2) is 9.67 Å². The largest absolute Gasteiger partial charge is 0.345 e. The summed E-state index contributed by atoms with van der Waals surface area (Å²) in [6, 6.07) is 14.6. The summed E-state index contributed by atoms with van der Waals surface area (Å²) in [5.41, 5.74) is 4.51. The topological polar surface area (TPSA) is 80.1 Å². The van der Waals surface area contributed by atoms with E-state index in [9.17, 15) is 9.59 Å². The summed E-state index contributed by atoms with van der Waals surface area (Å²) in [5.74, 6) is -0.541. The fourth-order valence-corrected chi connectivity index (χ4v) is 3.95. The van der Waals surface area contributed by atoms with Crippen LogP contribution in [0, 0.1) is 6.92 Å². The fraction of sp³-hybridized carbons (Fsp3) is 0.231. The molecule has 34 heavy (non-hydrogen) atoms. The minimum absolute atomic E-state index is 0.0659. The lowest BCUT2D eigenvalue weighted by Crippen LogP contribution is -2.22. The van der Waals surface area contributed by atoms with Crippen LogP contribution in [0.25, 0.3) is 22.3 Å². The van der Waals surface area contributed by atoms with E-state index in [2.05, 4.69) is 10.4 Å². The third kappa shape index (κ3) is 4.39. The van der Waals surface area contributed by atoms with Crippen LogP contribution in [0.15, 0.2) is 54.7 Å². The maximum Gasteiger partial charge on any atom is 0.256 e. The molecule has 4 aromatic rings. The molecule has 0 spiro atoms. The zero-order valence-electron chi connectivity index (χ0n) is 19.8. The molecule has 2 amide bonds. The maximum atomic E-state index is 13.5. The van der Waals surface area contributed by atoms with E-state index in [4.69, 9.17) is 16.6 Å². The van der Waals surface area contributed by atoms with Crippen molar-refractivity contribution in [3.05, 3.63) is 76.4 Å². The number of rotatable bonds is 5. The Hall–Kier alpha value is -3.71. The highest BCUT2D eigenvalue weighted by atomic mass is 35.5. The number of hydrogen-bond acceptors (Lipinski definition) is 4. The highest BCUT2D eigenvalue weighted by Crippen LogP contribution is 2.30. The van der Waals surface area contributed by atoms with Crippen molar-refractivity contribution < 1.29 is 9.59 Å². The smallest absolute Gasteiger partial charge is 0.256 e. The summed E-state index contributed by atoms with van der Waals surface area (Å²) >= 11 is 6.36. The minimum Gasteiger partial charge on any atom is -0.345 e. The van der Waals surface area contributed by atoms with Crippen molar-refractivity contribution >= 4 is 40.1 Å². The Balaban J connectivity index is 1.83. The average molecular weight is 476 g/mol. The van der Waals surface area contributed by atoms with Crippen molar-refractivity contribution in [2.24, 2.45) is 0 Å². The highest BCUT2D eigenvalue weighted by molar-refractivity contribution is 6.34. The summed E-state index contributed by atoms with van der Waals surface area (Å²) in [7, 11) is 3.34. The van der Waals surface area contributed by atoms with Gasteiger partial charge in [0, 0.05) is 31.3 Å². The number of carbonyl (C=O) groups excluding carboxylic acids is 2. The van der Waals surface area contributed by atoms with Crippen LogP contribution in [0.3, 0.4) is 0 Å². The van der Waals surface area contributed by atoms with Gasteiger partial charge in [-0.05, 0) is 50.6 Å². The normalized spacial score (nSPS) is 11.1. The highest BCUT2D eigenvalue weighted by Gasteiger charge is 2.20. The molecule has 0 unspecified atom stereocenters. The molecule has 0 atom stereocenters. The number of nitrogens with zero attached hydrogens (tertiary/aromatic N) is 4. The Morgan fingerprint density at radius 3 is 2.50 bits per heavy atom. The molecule has 4 rings (SSSR count). The van der Waals surface area contributed by atoms with Crippen molar-refractivity contribution in [2.45, 2.75) is 26.8 Å². The first-order valence-corrected chi connectivity index (χ1v) is 11.3. The van der Waals surface area contributed by atoms with Gasteiger partial charge in [-0.2, -0.15) is 5.10 Å². The summed E-state index contributed by atoms with van der Waals surface area (Å²) < 4.78 is 1.80. The molecule has 2 aromatic carbocycles. The Bertz CT molecular complexity index is 1410. The Morgan fingerprint density at radius 2 is 1.82 bits per heavy atom. The molecule has 0 aliphatic carbocycles. The quantitative estimate of drug-likeness (QED) is 0.407. The van der Waals surface area contributed by atoms with Crippen LogP contribution in [0.5, 0.6) is 0 Å². The molecule has 0 fully saturated rings. The number of amides is 2. The van der Waals surface area contributed by atoms with Crippen molar-refractivity contribution in [3.8, 4) is 11.3 Å². The average Bonchev–Trinajstić information content (AvgIpc) is 3.24. The second-order valence-electron chi connectivity index (χ2n) is 8.64. The second kappa shape index (κ2) is 9.27. The van der Waals surface area contributed by atoms with Gasteiger partial charge in [0.1, 0.15) is 0 Å². The molecule has 0 bridgehead atoms. The predicted octanol–water partition coefficient (Wildman–Crippen LogP) is 5.60. The third-order valence-corrected chi connectivity index (χ3v) is 5.92. The number of anilines is 1. The molecule has 174 valence electrons. The summed E-state index contributed by atoms with van der Waals surface area (Å²) in [6.45, 7) is 6.04. The number of fused-ring (bicyclic) bond motifs is 1. The van der Waals surface area contributed by atoms with Crippen molar-refractivity contribution in [1.29, 1.82) is 0 Å². The Labute approximate surface area is 203 Å². The van der Waals surface area contributed by atoms with E-state index in [-0.39, 0.29) is 17.9 Å². The second-order valence-corrected chi connectivity index (χ2v) is 9.05. The van der Waals surface area contributed by atoms with E-state index in [1.54, 1.807) is 49.2 Å². The summed E-state index contributed by atoms with van der Waals surface area (Å²) in [6.07, 6.45) is 1.66. The van der Waals surface area contributed by atoms with Crippen LogP contribution in [0.1, 0.15) is 46.2 Å². The van der Waals surface area contributed by atoms with Crippen LogP contribution in [-0.2, 0) is 0 Å². The standard InChI is InChI=1S/C26H26ClN5O2/c1-15(2)32-24-20(14-28-32)19(13-22(29-24)18-9-7-6-8-16(18)3)25(33)30-23-12-17(10-11-21(23)27)26(34)31(4)5/h6-15H,1-5H3,(H,30,33). The number of carbonyl (C=O) groups is 2. The first kappa shape index (κ1) is 23.4. The van der Waals surface area contributed by atoms with E-state index in [0.29, 0.717) is 38.6 Å². The first-order chi connectivity index (χ1) is 16.2. The lowest BCUT2D eigenvalue weighted by atomic mass is 10.0. The van der Waals surface area contributed by atoms with Crippen LogP contribution >= 0.6 is 11.6 Å². The van der Waals surface area contributed by atoms with E-state index in [1.165, 1.54) is 4.90 Å². The van der Waals surface area contributed by atoms with Gasteiger partial charge in [-0.3, -0.25) is 9.59 Å². The molecule has 1 N–H and O–H groups in total. The summed E-state index contributed by atoms with van der Waals surface area (Å²) in [5, 5.41) is 8.33. The van der Waals surface area contributed by atoms with E-state index in [1.807, 2.05) is 45.0 Å². The molecule has 0 saturated carbocycles.